The number of hydrogen-bond acceptors (Lipinski definition) is 2. The second kappa shape index (κ2) is 7.35. The maximum Gasteiger partial charge on any atom is 0.317 e. The van der Waals surface area contributed by atoms with Gasteiger partial charge in [-0.3, -0.25) is 0 Å². The van der Waals surface area contributed by atoms with E-state index in [4.69, 9.17) is 0 Å². The molecule has 128 valence electrons. The molecule has 1 atom stereocenters. The van der Waals surface area contributed by atoms with Crippen LogP contribution in [0.5, 0.6) is 0 Å². The van der Waals surface area contributed by atoms with Gasteiger partial charge in [0.15, 0.2) is 0 Å². The van der Waals surface area contributed by atoms with Gasteiger partial charge in [0, 0.05) is 25.0 Å². The number of nitrogens with one attached hydrogen (secondary N) is 1. The van der Waals surface area contributed by atoms with E-state index in [2.05, 4.69) is 38.2 Å². The van der Waals surface area contributed by atoms with Crippen LogP contribution in [0.2, 0.25) is 0 Å². The number of carbonyl (C=O) groups excluding carboxylic acids is 1. The average Bonchev–Trinajstić information content (AvgIpc) is 2.53. The van der Waals surface area contributed by atoms with E-state index in [1.807, 2.05) is 24.0 Å². The Labute approximate surface area is 139 Å². The van der Waals surface area contributed by atoms with Crippen molar-refractivity contribution in [3.8, 4) is 0 Å². The first-order valence-corrected chi connectivity index (χ1v) is 8.58. The smallest absolute Gasteiger partial charge is 0.317 e. The number of likely N-dealkylation sites (tertiary alicyclic amines) is 1. The fraction of sp³-hybridized carbons (Fsp3) is 0.632. The van der Waals surface area contributed by atoms with Crippen molar-refractivity contribution in [3.05, 3.63) is 35.4 Å². The van der Waals surface area contributed by atoms with Gasteiger partial charge in [-0.15, -0.1) is 0 Å². The van der Waals surface area contributed by atoms with Crippen molar-refractivity contribution in [1.29, 1.82) is 0 Å². The van der Waals surface area contributed by atoms with Gasteiger partial charge in [-0.25, -0.2) is 4.79 Å². The third-order valence-corrected chi connectivity index (χ3v) is 5.06. The summed E-state index contributed by atoms with van der Waals surface area (Å²) in [5.74, 6) is 0.322. The average molecular weight is 318 g/mol. The summed E-state index contributed by atoms with van der Waals surface area (Å²) in [4.78, 5) is 14.3. The Kier molecular flexibility index (Phi) is 5.69. The molecular formula is C19H30N2O2. The summed E-state index contributed by atoms with van der Waals surface area (Å²) in [5, 5.41) is 12.7. The van der Waals surface area contributed by atoms with Gasteiger partial charge in [0.05, 0.1) is 6.10 Å². The number of piperidine rings is 1. The highest BCUT2D eigenvalue weighted by molar-refractivity contribution is 5.74. The second-order valence-electron chi connectivity index (χ2n) is 7.42. The van der Waals surface area contributed by atoms with Gasteiger partial charge in [0.25, 0.3) is 0 Å². The summed E-state index contributed by atoms with van der Waals surface area (Å²) in [7, 11) is 0. The van der Waals surface area contributed by atoms with Gasteiger partial charge in [0.1, 0.15) is 0 Å². The molecule has 1 fully saturated rings. The van der Waals surface area contributed by atoms with E-state index >= 15 is 0 Å². The summed E-state index contributed by atoms with van der Waals surface area (Å²) < 4.78 is 0. The van der Waals surface area contributed by atoms with Gasteiger partial charge in [-0.2, -0.15) is 0 Å². The predicted molar refractivity (Wildman–Crippen MR) is 93.6 cm³/mol. The van der Waals surface area contributed by atoms with Crippen LogP contribution < -0.4 is 5.32 Å². The van der Waals surface area contributed by atoms with Gasteiger partial charge >= 0.3 is 6.03 Å². The zero-order chi connectivity index (χ0) is 17.0. The first-order valence-electron chi connectivity index (χ1n) is 8.58. The minimum Gasteiger partial charge on any atom is -0.393 e. The molecule has 0 spiro atoms. The summed E-state index contributed by atoms with van der Waals surface area (Å²) in [6.45, 7) is 10.3. The van der Waals surface area contributed by atoms with Crippen LogP contribution in [0.1, 0.15) is 44.7 Å². The Bertz CT molecular complexity index is 532. The van der Waals surface area contributed by atoms with Crippen molar-refractivity contribution in [2.45, 2.75) is 52.1 Å². The topological polar surface area (TPSA) is 52.6 Å². The fourth-order valence-corrected chi connectivity index (χ4v) is 3.42. The number of carbonyl (C=O) groups is 1. The molecule has 2 N–H and O–H groups in total. The van der Waals surface area contributed by atoms with E-state index in [9.17, 15) is 9.90 Å². The van der Waals surface area contributed by atoms with Crippen LogP contribution in [0.15, 0.2) is 24.3 Å². The van der Waals surface area contributed by atoms with Crippen LogP contribution in [0, 0.1) is 12.8 Å². The number of aliphatic hydroxyl groups is 1. The second-order valence-corrected chi connectivity index (χ2v) is 7.42. The van der Waals surface area contributed by atoms with Gasteiger partial charge in [0.2, 0.25) is 0 Å². The number of aryl methyl sites for hydroxylation is 1. The number of nitrogens with zero attached hydrogens (tertiary/aromatic N) is 1. The molecule has 2 rings (SSSR count). The van der Waals surface area contributed by atoms with Crippen molar-refractivity contribution in [2.75, 3.05) is 19.6 Å². The lowest BCUT2D eigenvalue weighted by atomic mass is 9.82. The van der Waals surface area contributed by atoms with Crippen LogP contribution >= 0.6 is 0 Å². The van der Waals surface area contributed by atoms with Gasteiger partial charge in [-0.05, 0) is 43.7 Å². The van der Waals surface area contributed by atoms with Gasteiger partial charge in [-0.1, -0.05) is 38.1 Å². The monoisotopic (exact) mass is 318 g/mol. The number of rotatable bonds is 4. The zero-order valence-corrected chi connectivity index (χ0v) is 14.8. The van der Waals surface area contributed by atoms with Crippen LogP contribution in [0.3, 0.4) is 0 Å². The lowest BCUT2D eigenvalue weighted by molar-refractivity contribution is 0.0796. The van der Waals surface area contributed by atoms with Crippen molar-refractivity contribution in [3.63, 3.8) is 0 Å². The molecule has 23 heavy (non-hydrogen) atoms. The van der Waals surface area contributed by atoms with Crippen LogP contribution in [0.25, 0.3) is 0 Å². The number of hydrogen-bond donors (Lipinski definition) is 2. The number of amides is 2. The Hall–Kier alpha value is -1.55. The van der Waals surface area contributed by atoms with Crippen molar-refractivity contribution >= 4 is 6.03 Å². The quantitative estimate of drug-likeness (QED) is 0.896. The number of aliphatic hydroxyl groups excluding tert-OH is 1. The Morgan fingerprint density at radius 1 is 1.35 bits per heavy atom. The summed E-state index contributed by atoms with van der Waals surface area (Å²) >= 11 is 0. The molecular weight excluding hydrogens is 288 g/mol. The fourth-order valence-electron chi connectivity index (χ4n) is 3.42. The van der Waals surface area contributed by atoms with E-state index in [1.54, 1.807) is 0 Å². The third-order valence-electron chi connectivity index (χ3n) is 5.06. The zero-order valence-electron chi connectivity index (χ0n) is 14.8. The molecule has 0 bridgehead atoms. The highest BCUT2D eigenvalue weighted by Crippen LogP contribution is 2.26. The molecule has 2 amide bonds. The Balaban J connectivity index is 1.88. The molecule has 4 heteroatoms. The minimum absolute atomic E-state index is 0.00991. The van der Waals surface area contributed by atoms with E-state index in [1.165, 1.54) is 11.1 Å². The van der Waals surface area contributed by atoms with E-state index in [0.717, 1.165) is 25.9 Å². The predicted octanol–water partition coefficient (Wildman–Crippen LogP) is 3.08. The lowest BCUT2D eigenvalue weighted by Crippen LogP contribution is -2.48. The van der Waals surface area contributed by atoms with Crippen LogP contribution in [0.4, 0.5) is 4.79 Å². The molecule has 1 aromatic carbocycles. The van der Waals surface area contributed by atoms with Crippen molar-refractivity contribution in [1.82, 2.24) is 10.2 Å². The molecule has 1 unspecified atom stereocenters. The summed E-state index contributed by atoms with van der Waals surface area (Å²) in [5.41, 5.74) is 2.43. The summed E-state index contributed by atoms with van der Waals surface area (Å²) in [6, 6.07) is 8.35. The third kappa shape index (κ3) is 4.47. The first-order chi connectivity index (χ1) is 10.8. The molecule has 1 aromatic rings. The molecule has 1 aliphatic heterocycles. The van der Waals surface area contributed by atoms with Crippen molar-refractivity contribution in [2.24, 2.45) is 5.92 Å². The SMILES string of the molecule is Cc1ccccc1C(C)(C)CNC(=O)N1CCC(C(C)O)CC1. The summed E-state index contributed by atoms with van der Waals surface area (Å²) in [6.07, 6.45) is 1.48. The van der Waals surface area contributed by atoms with Crippen LogP contribution in [-0.2, 0) is 5.41 Å². The maximum absolute atomic E-state index is 12.4. The normalized spacial score (nSPS) is 17.9. The Morgan fingerprint density at radius 3 is 2.52 bits per heavy atom. The molecule has 0 radical (unpaired) electrons. The molecule has 1 heterocycles. The molecule has 1 aliphatic rings. The number of urea groups is 1. The molecule has 1 saturated heterocycles. The minimum atomic E-state index is -0.278. The molecule has 0 saturated carbocycles. The standard InChI is InChI=1S/C19H30N2O2/c1-14-7-5-6-8-17(14)19(3,4)13-20-18(23)21-11-9-16(10-12-21)15(2)22/h5-8,15-16,22H,9-13H2,1-4H3,(H,20,23). The number of benzene rings is 1. The molecule has 4 nitrogen and oxygen atoms in total. The highest BCUT2D eigenvalue weighted by atomic mass is 16.3. The lowest BCUT2D eigenvalue weighted by Gasteiger charge is -2.34. The largest absolute Gasteiger partial charge is 0.393 e. The van der Waals surface area contributed by atoms with E-state index < -0.39 is 0 Å². The van der Waals surface area contributed by atoms with Crippen molar-refractivity contribution < 1.29 is 9.90 Å². The molecule has 0 aromatic heterocycles. The molecule has 0 aliphatic carbocycles. The van der Waals surface area contributed by atoms with Gasteiger partial charge < -0.3 is 15.3 Å². The first kappa shape index (κ1) is 17.8. The maximum atomic E-state index is 12.4. The van der Waals surface area contributed by atoms with E-state index in [0.29, 0.717) is 12.5 Å². The van der Waals surface area contributed by atoms with Crippen LogP contribution in [-0.4, -0.2) is 41.8 Å². The highest BCUT2D eigenvalue weighted by Gasteiger charge is 2.27. The van der Waals surface area contributed by atoms with E-state index in [-0.39, 0.29) is 17.6 Å². The Morgan fingerprint density at radius 2 is 1.96 bits per heavy atom.